The van der Waals surface area contributed by atoms with Crippen molar-refractivity contribution in [1.82, 2.24) is 5.32 Å². The van der Waals surface area contributed by atoms with Crippen molar-refractivity contribution in [2.45, 2.75) is 24.8 Å². The Morgan fingerprint density at radius 3 is 2.42 bits per heavy atom. The van der Waals surface area contributed by atoms with Crippen LogP contribution in [0.2, 0.25) is 5.02 Å². The number of rotatable bonds is 4. The summed E-state index contributed by atoms with van der Waals surface area (Å²) < 4.78 is 0. The highest BCUT2D eigenvalue weighted by molar-refractivity contribution is 6.30. The Kier molecular flexibility index (Phi) is 4.77. The number of hydrogen-bond donors (Lipinski definition) is 1. The molecule has 0 fully saturated rings. The first-order chi connectivity index (χ1) is 12.7. The lowest BCUT2D eigenvalue weighted by Crippen LogP contribution is -2.27. The fourth-order valence-electron chi connectivity index (χ4n) is 3.85. The molecule has 0 radical (unpaired) electrons. The van der Waals surface area contributed by atoms with E-state index in [1.54, 1.807) is 0 Å². The molecule has 1 aliphatic carbocycles. The summed E-state index contributed by atoms with van der Waals surface area (Å²) in [5.41, 5.74) is 4.48. The lowest BCUT2D eigenvalue weighted by Gasteiger charge is -2.15. The number of carbonyl (C=O) groups excluding carboxylic acids is 1. The van der Waals surface area contributed by atoms with Gasteiger partial charge in [0.1, 0.15) is 0 Å². The van der Waals surface area contributed by atoms with Gasteiger partial charge in [-0.1, -0.05) is 66.2 Å². The minimum atomic E-state index is -0.0196. The number of nitrogens with one attached hydrogen (secondary N) is 1. The molecule has 26 heavy (non-hydrogen) atoms. The molecular formula is C23H20ClNO. The van der Waals surface area contributed by atoms with E-state index in [0.29, 0.717) is 11.5 Å². The van der Waals surface area contributed by atoms with Crippen molar-refractivity contribution < 1.29 is 4.79 Å². The van der Waals surface area contributed by atoms with Gasteiger partial charge in [-0.15, -0.1) is 0 Å². The molecule has 2 nitrogen and oxygen atoms in total. The van der Waals surface area contributed by atoms with Gasteiger partial charge in [-0.05, 0) is 59.7 Å². The topological polar surface area (TPSA) is 29.1 Å². The van der Waals surface area contributed by atoms with Gasteiger partial charge < -0.3 is 5.32 Å². The molecule has 3 aromatic rings. The van der Waals surface area contributed by atoms with Crippen LogP contribution in [0.1, 0.15) is 45.4 Å². The molecule has 3 heteroatoms. The van der Waals surface area contributed by atoms with Gasteiger partial charge in [0.05, 0.1) is 6.04 Å². The second kappa shape index (κ2) is 7.35. The molecule has 0 heterocycles. The molecule has 0 bridgehead atoms. The van der Waals surface area contributed by atoms with Crippen LogP contribution in [-0.2, 0) is 6.42 Å². The predicted octanol–water partition coefficient (Wildman–Crippen LogP) is 5.54. The highest BCUT2D eigenvalue weighted by Gasteiger charge is 2.31. The second-order valence-electron chi connectivity index (χ2n) is 6.79. The second-order valence-corrected chi connectivity index (χ2v) is 7.22. The molecule has 0 spiro atoms. The Hall–Kier alpha value is -2.58. The van der Waals surface area contributed by atoms with E-state index in [-0.39, 0.29) is 11.9 Å². The third-order valence-corrected chi connectivity index (χ3v) is 5.28. The van der Waals surface area contributed by atoms with Gasteiger partial charge in [-0.2, -0.15) is 0 Å². The fourth-order valence-corrected chi connectivity index (χ4v) is 4.06. The summed E-state index contributed by atoms with van der Waals surface area (Å²) in [7, 11) is 0. The summed E-state index contributed by atoms with van der Waals surface area (Å²) in [5, 5.41) is 3.98. The van der Waals surface area contributed by atoms with Crippen molar-refractivity contribution in [3.63, 3.8) is 0 Å². The van der Waals surface area contributed by atoms with E-state index in [1.807, 2.05) is 54.6 Å². The van der Waals surface area contributed by atoms with E-state index in [0.717, 1.165) is 17.9 Å². The van der Waals surface area contributed by atoms with E-state index >= 15 is 0 Å². The van der Waals surface area contributed by atoms with Gasteiger partial charge in [0.25, 0.3) is 5.91 Å². The number of fused-ring (bicyclic) bond motifs is 1. The Balaban J connectivity index is 1.55. The quantitative estimate of drug-likeness (QED) is 0.649. The standard InChI is InChI=1S/C23H20ClNO/c24-19-10-6-7-16(14-19)13-18-15-22(21-12-5-4-11-20(18)21)25-23(26)17-8-2-1-3-9-17/h1-12,14,18,22H,13,15H2,(H,25,26)/t18-,22-/m1/s1. The summed E-state index contributed by atoms with van der Waals surface area (Å²) >= 11 is 6.14. The first kappa shape index (κ1) is 16.9. The molecule has 4 rings (SSSR count). The summed E-state index contributed by atoms with van der Waals surface area (Å²) in [6.07, 6.45) is 1.83. The average molecular weight is 362 g/mol. The summed E-state index contributed by atoms with van der Waals surface area (Å²) in [6.45, 7) is 0. The Labute approximate surface area is 158 Å². The van der Waals surface area contributed by atoms with Crippen molar-refractivity contribution in [2.24, 2.45) is 0 Å². The van der Waals surface area contributed by atoms with Crippen molar-refractivity contribution in [1.29, 1.82) is 0 Å². The molecule has 2 atom stereocenters. The highest BCUT2D eigenvalue weighted by atomic mass is 35.5. The van der Waals surface area contributed by atoms with Crippen LogP contribution in [-0.4, -0.2) is 5.91 Å². The fraction of sp³-hybridized carbons (Fsp3) is 0.174. The van der Waals surface area contributed by atoms with E-state index in [1.165, 1.54) is 16.7 Å². The zero-order chi connectivity index (χ0) is 17.9. The molecule has 0 aliphatic heterocycles. The lowest BCUT2D eigenvalue weighted by atomic mass is 9.94. The molecule has 0 aromatic heterocycles. The smallest absolute Gasteiger partial charge is 0.251 e. The van der Waals surface area contributed by atoms with Crippen molar-refractivity contribution in [2.75, 3.05) is 0 Å². The third kappa shape index (κ3) is 3.51. The minimum absolute atomic E-state index is 0.0196. The van der Waals surface area contributed by atoms with E-state index in [9.17, 15) is 4.79 Å². The van der Waals surface area contributed by atoms with Crippen LogP contribution in [0.4, 0.5) is 0 Å². The van der Waals surface area contributed by atoms with Crippen LogP contribution in [0.3, 0.4) is 0 Å². The summed E-state index contributed by atoms with van der Waals surface area (Å²) in [4.78, 5) is 12.6. The van der Waals surface area contributed by atoms with E-state index in [4.69, 9.17) is 11.6 Å². The number of halogens is 1. The van der Waals surface area contributed by atoms with Gasteiger partial charge in [0.2, 0.25) is 0 Å². The zero-order valence-electron chi connectivity index (χ0n) is 14.4. The number of hydrogen-bond acceptors (Lipinski definition) is 1. The lowest BCUT2D eigenvalue weighted by molar-refractivity contribution is 0.0936. The van der Waals surface area contributed by atoms with Gasteiger partial charge in [0.15, 0.2) is 0 Å². The van der Waals surface area contributed by atoms with Crippen LogP contribution in [0, 0.1) is 0 Å². The Bertz CT molecular complexity index is 922. The van der Waals surface area contributed by atoms with E-state index < -0.39 is 0 Å². The number of benzene rings is 3. The summed E-state index contributed by atoms with van der Waals surface area (Å²) in [6, 6.07) is 25.9. The highest BCUT2D eigenvalue weighted by Crippen LogP contribution is 2.42. The molecule has 0 saturated carbocycles. The molecular weight excluding hydrogens is 342 g/mol. The maximum Gasteiger partial charge on any atom is 0.251 e. The van der Waals surface area contributed by atoms with Crippen LogP contribution >= 0.6 is 11.6 Å². The molecule has 130 valence electrons. The number of amides is 1. The molecule has 0 unspecified atom stereocenters. The normalized spacial score (nSPS) is 18.3. The van der Waals surface area contributed by atoms with E-state index in [2.05, 4.69) is 29.6 Å². The first-order valence-electron chi connectivity index (χ1n) is 8.90. The Morgan fingerprint density at radius 2 is 1.65 bits per heavy atom. The summed E-state index contributed by atoms with van der Waals surface area (Å²) in [5.74, 6) is 0.361. The SMILES string of the molecule is O=C(N[C@@H]1C[C@@H](Cc2cccc(Cl)c2)c2ccccc21)c1ccccc1. The maximum absolute atomic E-state index is 12.6. The van der Waals surface area contributed by atoms with Crippen molar-refractivity contribution >= 4 is 17.5 Å². The average Bonchev–Trinajstić information content (AvgIpc) is 3.00. The monoisotopic (exact) mass is 361 g/mol. The Morgan fingerprint density at radius 1 is 0.923 bits per heavy atom. The van der Waals surface area contributed by atoms with Crippen LogP contribution in [0.25, 0.3) is 0 Å². The maximum atomic E-state index is 12.6. The third-order valence-electron chi connectivity index (χ3n) is 5.04. The zero-order valence-corrected chi connectivity index (χ0v) is 15.1. The minimum Gasteiger partial charge on any atom is -0.345 e. The largest absolute Gasteiger partial charge is 0.345 e. The van der Waals surface area contributed by atoms with Crippen LogP contribution in [0.15, 0.2) is 78.9 Å². The molecule has 0 saturated heterocycles. The molecule has 1 amide bonds. The van der Waals surface area contributed by atoms with Gasteiger partial charge in [-0.25, -0.2) is 0 Å². The van der Waals surface area contributed by atoms with Gasteiger partial charge in [-0.3, -0.25) is 4.79 Å². The number of carbonyl (C=O) groups is 1. The van der Waals surface area contributed by atoms with Crippen LogP contribution in [0.5, 0.6) is 0 Å². The van der Waals surface area contributed by atoms with Gasteiger partial charge in [0, 0.05) is 10.6 Å². The van der Waals surface area contributed by atoms with Crippen LogP contribution < -0.4 is 5.32 Å². The molecule has 1 N–H and O–H groups in total. The predicted molar refractivity (Wildman–Crippen MR) is 106 cm³/mol. The van der Waals surface area contributed by atoms with Crippen molar-refractivity contribution in [3.05, 3.63) is 106 Å². The molecule has 1 aliphatic rings. The van der Waals surface area contributed by atoms with Crippen molar-refractivity contribution in [3.8, 4) is 0 Å². The first-order valence-corrected chi connectivity index (χ1v) is 9.27. The molecule has 3 aromatic carbocycles. The van der Waals surface area contributed by atoms with Gasteiger partial charge >= 0.3 is 0 Å².